The van der Waals surface area contributed by atoms with E-state index in [9.17, 15) is 0 Å². The molecule has 1 aliphatic rings. The van der Waals surface area contributed by atoms with E-state index in [1.807, 2.05) is 0 Å². The minimum atomic E-state index is -0.304. The van der Waals surface area contributed by atoms with Gasteiger partial charge in [-0.15, -0.1) is 0 Å². The third kappa shape index (κ3) is 4.13. The number of benzene rings is 4. The van der Waals surface area contributed by atoms with Crippen LogP contribution in [0, 0.1) is 0 Å². The standard InChI is InChI=1S/C28H26P2/c1-5-13-23(14-6-1)29(24-15-7-2-8-16-24)27-21-28(22-27)30(25-17-9-3-10-18-25)26-19-11-4-12-20-26/h1-20,27-28H,21-22H2. The van der Waals surface area contributed by atoms with Crippen LogP contribution in [0.4, 0.5) is 0 Å². The Bertz CT molecular complexity index is 877. The van der Waals surface area contributed by atoms with Crippen molar-refractivity contribution in [2.75, 3.05) is 0 Å². The van der Waals surface area contributed by atoms with Gasteiger partial charge in [0.15, 0.2) is 0 Å². The summed E-state index contributed by atoms with van der Waals surface area (Å²) in [5.74, 6) is 0. The van der Waals surface area contributed by atoms with Gasteiger partial charge in [0.05, 0.1) is 0 Å². The van der Waals surface area contributed by atoms with Gasteiger partial charge in [-0.3, -0.25) is 0 Å². The van der Waals surface area contributed by atoms with E-state index < -0.39 is 0 Å². The van der Waals surface area contributed by atoms with Crippen LogP contribution in [-0.2, 0) is 0 Å². The molecule has 1 saturated carbocycles. The molecule has 0 spiro atoms. The maximum absolute atomic E-state index is 2.34. The summed E-state index contributed by atoms with van der Waals surface area (Å²) in [5, 5.41) is 6.08. The van der Waals surface area contributed by atoms with Crippen molar-refractivity contribution >= 4 is 37.1 Å². The van der Waals surface area contributed by atoms with E-state index in [1.54, 1.807) is 0 Å². The van der Waals surface area contributed by atoms with Crippen LogP contribution in [0.5, 0.6) is 0 Å². The Balaban J connectivity index is 1.43. The van der Waals surface area contributed by atoms with Gasteiger partial charge in [-0.25, -0.2) is 0 Å². The van der Waals surface area contributed by atoms with Crippen LogP contribution in [0.15, 0.2) is 121 Å². The van der Waals surface area contributed by atoms with Gasteiger partial charge < -0.3 is 0 Å². The Morgan fingerprint density at radius 3 is 0.833 bits per heavy atom. The Morgan fingerprint density at radius 2 is 0.600 bits per heavy atom. The normalized spacial score (nSPS) is 18.3. The first-order chi connectivity index (χ1) is 14.9. The third-order valence-electron chi connectivity index (χ3n) is 5.96. The average Bonchev–Trinajstić information content (AvgIpc) is 2.80. The van der Waals surface area contributed by atoms with Gasteiger partial charge in [0.1, 0.15) is 0 Å². The van der Waals surface area contributed by atoms with Crippen LogP contribution in [-0.4, -0.2) is 11.3 Å². The van der Waals surface area contributed by atoms with E-state index in [2.05, 4.69) is 121 Å². The molecular weight excluding hydrogens is 398 g/mol. The van der Waals surface area contributed by atoms with Crippen LogP contribution in [0.3, 0.4) is 0 Å². The maximum atomic E-state index is 2.34. The lowest BCUT2D eigenvalue weighted by molar-refractivity contribution is 0.531. The Morgan fingerprint density at radius 1 is 0.367 bits per heavy atom. The fraction of sp³-hybridized carbons (Fsp3) is 0.143. The van der Waals surface area contributed by atoms with Crippen molar-refractivity contribution in [2.45, 2.75) is 24.2 Å². The molecule has 2 heteroatoms. The highest BCUT2D eigenvalue weighted by atomic mass is 31.1. The van der Waals surface area contributed by atoms with Crippen molar-refractivity contribution in [1.29, 1.82) is 0 Å². The largest absolute Gasteiger partial charge is 0.0622 e. The molecule has 0 saturated heterocycles. The highest BCUT2D eigenvalue weighted by molar-refractivity contribution is 7.75. The van der Waals surface area contributed by atoms with Gasteiger partial charge in [0.25, 0.3) is 0 Å². The van der Waals surface area contributed by atoms with E-state index >= 15 is 0 Å². The van der Waals surface area contributed by atoms with Gasteiger partial charge in [-0.05, 0) is 61.2 Å². The Kier molecular flexibility index (Phi) is 6.08. The molecule has 0 radical (unpaired) electrons. The van der Waals surface area contributed by atoms with Crippen LogP contribution in [0.2, 0.25) is 0 Å². The summed E-state index contributed by atoms with van der Waals surface area (Å²) in [6, 6.07) is 44.8. The molecule has 0 bridgehead atoms. The summed E-state index contributed by atoms with van der Waals surface area (Å²) < 4.78 is 0. The molecule has 0 nitrogen and oxygen atoms in total. The lowest BCUT2D eigenvalue weighted by Gasteiger charge is -2.45. The second-order valence-corrected chi connectivity index (χ2v) is 12.9. The van der Waals surface area contributed by atoms with Crippen molar-refractivity contribution in [2.24, 2.45) is 0 Å². The fourth-order valence-electron chi connectivity index (χ4n) is 4.48. The third-order valence-corrected chi connectivity index (χ3v) is 11.7. The van der Waals surface area contributed by atoms with Crippen LogP contribution >= 0.6 is 15.8 Å². The van der Waals surface area contributed by atoms with E-state index in [0.717, 1.165) is 11.3 Å². The minimum absolute atomic E-state index is 0.304. The van der Waals surface area contributed by atoms with Gasteiger partial charge in [0, 0.05) is 0 Å². The summed E-state index contributed by atoms with van der Waals surface area (Å²) in [5.41, 5.74) is 1.54. The zero-order valence-corrected chi connectivity index (χ0v) is 18.8. The second-order valence-electron chi connectivity index (χ2n) is 7.86. The molecule has 4 aromatic rings. The summed E-state index contributed by atoms with van der Waals surface area (Å²) in [4.78, 5) is 0. The van der Waals surface area contributed by atoms with Crippen molar-refractivity contribution in [1.82, 2.24) is 0 Å². The fourth-order valence-corrected chi connectivity index (χ4v) is 10.9. The molecule has 0 atom stereocenters. The first kappa shape index (κ1) is 19.7. The zero-order valence-electron chi connectivity index (χ0n) is 17.0. The van der Waals surface area contributed by atoms with Gasteiger partial charge in [-0.1, -0.05) is 121 Å². The number of rotatable bonds is 6. The van der Waals surface area contributed by atoms with Crippen LogP contribution in [0.25, 0.3) is 0 Å². The molecular formula is C28H26P2. The molecule has 1 aliphatic carbocycles. The van der Waals surface area contributed by atoms with Crippen molar-refractivity contribution < 1.29 is 0 Å². The van der Waals surface area contributed by atoms with Crippen molar-refractivity contribution in [3.63, 3.8) is 0 Å². The lowest BCUT2D eigenvalue weighted by atomic mass is 9.99. The SMILES string of the molecule is c1ccc(P(c2ccccc2)C2CC(P(c3ccccc3)c3ccccc3)C2)cc1. The summed E-state index contributed by atoms with van der Waals surface area (Å²) in [6.45, 7) is 0. The minimum Gasteiger partial charge on any atom is -0.0622 e. The molecule has 0 unspecified atom stereocenters. The molecule has 0 aromatic heterocycles. The first-order valence-electron chi connectivity index (χ1n) is 10.7. The lowest BCUT2D eigenvalue weighted by Crippen LogP contribution is -2.39. The molecule has 5 rings (SSSR count). The molecule has 0 N–H and O–H groups in total. The van der Waals surface area contributed by atoms with Gasteiger partial charge in [0.2, 0.25) is 0 Å². The highest BCUT2D eigenvalue weighted by Gasteiger charge is 2.41. The number of hydrogen-bond acceptors (Lipinski definition) is 0. The zero-order chi connectivity index (χ0) is 20.2. The second kappa shape index (κ2) is 9.26. The Labute approximate surface area is 182 Å². The topological polar surface area (TPSA) is 0 Å². The monoisotopic (exact) mass is 424 g/mol. The van der Waals surface area contributed by atoms with Gasteiger partial charge in [-0.2, -0.15) is 0 Å². The van der Waals surface area contributed by atoms with Crippen LogP contribution < -0.4 is 21.2 Å². The summed E-state index contributed by atoms with van der Waals surface area (Å²) >= 11 is 0. The first-order valence-corrected chi connectivity index (χ1v) is 13.5. The van der Waals surface area contributed by atoms with E-state index in [0.29, 0.717) is 0 Å². The predicted molar refractivity (Wildman–Crippen MR) is 135 cm³/mol. The van der Waals surface area contributed by atoms with E-state index in [4.69, 9.17) is 0 Å². The summed E-state index contributed by atoms with van der Waals surface area (Å²) in [7, 11) is -0.608. The van der Waals surface area contributed by atoms with Crippen molar-refractivity contribution in [3.05, 3.63) is 121 Å². The molecule has 0 aliphatic heterocycles. The maximum Gasteiger partial charge on any atom is -0.0116 e. The van der Waals surface area contributed by atoms with E-state index in [1.165, 1.54) is 34.1 Å². The van der Waals surface area contributed by atoms with Crippen LogP contribution in [0.1, 0.15) is 12.8 Å². The highest BCUT2D eigenvalue weighted by Crippen LogP contribution is 2.58. The van der Waals surface area contributed by atoms with E-state index in [-0.39, 0.29) is 15.8 Å². The molecule has 148 valence electrons. The molecule has 0 heterocycles. The predicted octanol–water partition coefficient (Wildman–Crippen LogP) is 5.78. The van der Waals surface area contributed by atoms with Crippen molar-refractivity contribution in [3.8, 4) is 0 Å². The molecule has 30 heavy (non-hydrogen) atoms. The smallest absolute Gasteiger partial charge is 0.0116 e. The number of hydrogen-bond donors (Lipinski definition) is 0. The molecule has 0 amide bonds. The quantitative estimate of drug-likeness (QED) is 0.344. The summed E-state index contributed by atoms with van der Waals surface area (Å²) in [6.07, 6.45) is 2.65. The molecule has 1 fully saturated rings. The average molecular weight is 424 g/mol. The Hall–Kier alpha value is -2.26. The van der Waals surface area contributed by atoms with Gasteiger partial charge >= 0.3 is 0 Å². The molecule has 4 aromatic carbocycles.